The first-order valence-electron chi connectivity index (χ1n) is 9.18. The van der Waals surface area contributed by atoms with E-state index in [1.807, 2.05) is 29.2 Å². The van der Waals surface area contributed by atoms with Gasteiger partial charge in [0.15, 0.2) is 0 Å². The van der Waals surface area contributed by atoms with Gasteiger partial charge in [0.25, 0.3) is 5.91 Å². The average molecular weight is 393 g/mol. The van der Waals surface area contributed by atoms with E-state index >= 15 is 0 Å². The normalized spacial score (nSPS) is 22.1. The van der Waals surface area contributed by atoms with E-state index in [1.54, 1.807) is 13.8 Å². The third-order valence-corrected chi connectivity index (χ3v) is 5.27. The molecule has 0 bridgehead atoms. The lowest BCUT2D eigenvalue weighted by atomic mass is 10.0. The number of hydrogen-bond donors (Lipinski definition) is 2. The van der Waals surface area contributed by atoms with Gasteiger partial charge in [-0.2, -0.15) is 0 Å². The fraction of sp³-hybridized carbons (Fsp3) is 0.526. The monoisotopic (exact) mass is 392 g/mol. The molecule has 0 aliphatic carbocycles. The molecule has 4 amide bonds. The van der Waals surface area contributed by atoms with Crippen LogP contribution < -0.4 is 10.6 Å². The molecule has 0 aromatic heterocycles. The summed E-state index contributed by atoms with van der Waals surface area (Å²) in [6, 6.07) is 7.31. The lowest BCUT2D eigenvalue weighted by molar-refractivity contribution is -0.134. The quantitative estimate of drug-likeness (QED) is 0.750. The maximum atomic E-state index is 12.6. The molecule has 7 nitrogen and oxygen atoms in total. The van der Waals surface area contributed by atoms with Crippen LogP contribution in [0.5, 0.6) is 0 Å². The van der Waals surface area contributed by atoms with Crippen molar-refractivity contribution >= 4 is 29.4 Å². The molecule has 146 valence electrons. The number of nitrogens with zero attached hydrogens (tertiary/aromatic N) is 2. The zero-order valence-electron chi connectivity index (χ0n) is 15.6. The smallest absolute Gasteiger partial charge is 0.325 e. The number of nitrogens with one attached hydrogen (secondary N) is 2. The zero-order valence-corrected chi connectivity index (χ0v) is 16.4. The van der Waals surface area contributed by atoms with Crippen molar-refractivity contribution < 1.29 is 14.4 Å². The van der Waals surface area contributed by atoms with E-state index in [4.69, 9.17) is 11.6 Å². The predicted molar refractivity (Wildman–Crippen MR) is 102 cm³/mol. The van der Waals surface area contributed by atoms with Gasteiger partial charge < -0.3 is 15.5 Å². The molecule has 0 radical (unpaired) electrons. The maximum absolute atomic E-state index is 12.6. The summed E-state index contributed by atoms with van der Waals surface area (Å²) < 4.78 is 0. The molecule has 2 N–H and O–H groups in total. The number of halogens is 1. The third kappa shape index (κ3) is 4.42. The molecular weight excluding hydrogens is 368 g/mol. The summed E-state index contributed by atoms with van der Waals surface area (Å²) in [5, 5.41) is 6.75. The summed E-state index contributed by atoms with van der Waals surface area (Å²) in [4.78, 5) is 39.7. The fourth-order valence-corrected chi connectivity index (χ4v) is 3.59. The molecular formula is C19H25ClN4O3. The van der Waals surface area contributed by atoms with Crippen LogP contribution in [0.1, 0.15) is 38.3 Å². The molecule has 1 unspecified atom stereocenters. The van der Waals surface area contributed by atoms with E-state index < -0.39 is 5.54 Å². The molecule has 0 spiro atoms. The SMILES string of the molecule is CC1(C)NC(=O)N(CCCC(=O)N2CCNC(c3ccc(Cl)cc3)C2)C1=O. The summed E-state index contributed by atoms with van der Waals surface area (Å²) in [7, 11) is 0. The molecule has 8 heteroatoms. The molecule has 2 heterocycles. The van der Waals surface area contributed by atoms with Crippen LogP contribution in [0.2, 0.25) is 5.02 Å². The van der Waals surface area contributed by atoms with Gasteiger partial charge in [-0.15, -0.1) is 0 Å². The van der Waals surface area contributed by atoms with Crippen molar-refractivity contribution in [3.05, 3.63) is 34.9 Å². The minimum absolute atomic E-state index is 0.0433. The lowest BCUT2D eigenvalue weighted by Crippen LogP contribution is -2.48. The van der Waals surface area contributed by atoms with Crippen molar-refractivity contribution in [1.29, 1.82) is 0 Å². The Morgan fingerprint density at radius 1 is 1.26 bits per heavy atom. The van der Waals surface area contributed by atoms with E-state index in [0.29, 0.717) is 31.0 Å². The Morgan fingerprint density at radius 3 is 2.59 bits per heavy atom. The van der Waals surface area contributed by atoms with Gasteiger partial charge in [-0.3, -0.25) is 14.5 Å². The Bertz CT molecular complexity index is 735. The summed E-state index contributed by atoms with van der Waals surface area (Å²) in [6.07, 6.45) is 0.772. The van der Waals surface area contributed by atoms with E-state index in [2.05, 4.69) is 10.6 Å². The first kappa shape index (κ1) is 19.6. The highest BCUT2D eigenvalue weighted by Gasteiger charge is 2.43. The van der Waals surface area contributed by atoms with Gasteiger partial charge in [-0.25, -0.2) is 4.79 Å². The summed E-state index contributed by atoms with van der Waals surface area (Å²) in [6.45, 7) is 5.58. The van der Waals surface area contributed by atoms with Gasteiger partial charge in [-0.05, 0) is 38.0 Å². The minimum Gasteiger partial charge on any atom is -0.340 e. The van der Waals surface area contributed by atoms with E-state index in [1.165, 1.54) is 4.90 Å². The molecule has 1 aromatic rings. The zero-order chi connectivity index (χ0) is 19.6. The number of imide groups is 1. The van der Waals surface area contributed by atoms with Gasteiger partial charge in [0, 0.05) is 43.7 Å². The van der Waals surface area contributed by atoms with Gasteiger partial charge >= 0.3 is 6.03 Å². The minimum atomic E-state index is -0.870. The Hall–Kier alpha value is -2.12. The van der Waals surface area contributed by atoms with Crippen LogP contribution in [0.15, 0.2) is 24.3 Å². The predicted octanol–water partition coefficient (Wildman–Crippen LogP) is 1.92. The van der Waals surface area contributed by atoms with E-state index in [-0.39, 0.29) is 30.4 Å². The van der Waals surface area contributed by atoms with Gasteiger partial charge in [0.05, 0.1) is 0 Å². The summed E-state index contributed by atoms with van der Waals surface area (Å²) in [5.74, 6) is -0.202. The molecule has 1 aromatic carbocycles. The van der Waals surface area contributed by atoms with E-state index in [9.17, 15) is 14.4 Å². The number of piperazine rings is 1. The van der Waals surface area contributed by atoms with Crippen LogP contribution in [0, 0.1) is 0 Å². The van der Waals surface area contributed by atoms with Gasteiger partial charge in [0.2, 0.25) is 5.91 Å². The van der Waals surface area contributed by atoms with Crippen molar-refractivity contribution in [2.45, 2.75) is 38.3 Å². The largest absolute Gasteiger partial charge is 0.340 e. The van der Waals surface area contributed by atoms with Crippen LogP contribution in [0.3, 0.4) is 0 Å². The molecule has 2 aliphatic rings. The number of rotatable bonds is 5. The van der Waals surface area contributed by atoms with E-state index in [0.717, 1.165) is 12.1 Å². The van der Waals surface area contributed by atoms with Crippen LogP contribution in [0.4, 0.5) is 4.79 Å². The van der Waals surface area contributed by atoms with Crippen molar-refractivity contribution in [3.8, 4) is 0 Å². The van der Waals surface area contributed by atoms with Crippen molar-refractivity contribution in [2.75, 3.05) is 26.2 Å². The van der Waals surface area contributed by atoms with Crippen molar-refractivity contribution in [3.63, 3.8) is 0 Å². The van der Waals surface area contributed by atoms with Gasteiger partial charge in [-0.1, -0.05) is 23.7 Å². The van der Waals surface area contributed by atoms with Crippen molar-refractivity contribution in [1.82, 2.24) is 20.4 Å². The summed E-state index contributed by atoms with van der Waals surface area (Å²) >= 11 is 5.94. The number of urea groups is 1. The Balaban J connectivity index is 1.50. The number of carbonyl (C=O) groups is 3. The van der Waals surface area contributed by atoms with Crippen LogP contribution in [-0.4, -0.2) is 59.4 Å². The van der Waals surface area contributed by atoms with Crippen molar-refractivity contribution in [2.24, 2.45) is 0 Å². The Labute approximate surface area is 164 Å². The number of amides is 4. The second-order valence-corrected chi connectivity index (χ2v) is 7.95. The Morgan fingerprint density at radius 2 is 1.96 bits per heavy atom. The first-order valence-corrected chi connectivity index (χ1v) is 9.56. The van der Waals surface area contributed by atoms with Crippen LogP contribution in [0.25, 0.3) is 0 Å². The molecule has 2 aliphatic heterocycles. The topological polar surface area (TPSA) is 81.8 Å². The highest BCUT2D eigenvalue weighted by atomic mass is 35.5. The maximum Gasteiger partial charge on any atom is 0.325 e. The van der Waals surface area contributed by atoms with Crippen LogP contribution in [-0.2, 0) is 9.59 Å². The lowest BCUT2D eigenvalue weighted by Gasteiger charge is -2.34. The average Bonchev–Trinajstić information content (AvgIpc) is 2.83. The second-order valence-electron chi connectivity index (χ2n) is 7.51. The molecule has 1 atom stereocenters. The highest BCUT2D eigenvalue weighted by molar-refractivity contribution is 6.30. The first-order chi connectivity index (χ1) is 12.8. The molecule has 27 heavy (non-hydrogen) atoms. The fourth-order valence-electron chi connectivity index (χ4n) is 3.46. The standard InChI is InChI=1S/C19H25ClN4O3/c1-19(2)17(26)24(18(27)22-19)10-3-4-16(25)23-11-9-21-15(12-23)13-5-7-14(20)8-6-13/h5-8,15,21H,3-4,9-12H2,1-2H3,(H,22,27). The number of hydrogen-bond acceptors (Lipinski definition) is 4. The van der Waals surface area contributed by atoms with Crippen LogP contribution >= 0.6 is 11.6 Å². The third-order valence-electron chi connectivity index (χ3n) is 5.02. The summed E-state index contributed by atoms with van der Waals surface area (Å²) in [5.41, 5.74) is 0.226. The highest BCUT2D eigenvalue weighted by Crippen LogP contribution is 2.21. The molecule has 2 fully saturated rings. The second kappa shape index (κ2) is 7.86. The molecule has 0 saturated carbocycles. The van der Waals surface area contributed by atoms with Gasteiger partial charge in [0.1, 0.15) is 5.54 Å². The number of carbonyl (C=O) groups excluding carboxylic acids is 3. The Kier molecular flexibility index (Phi) is 5.72. The molecule has 3 rings (SSSR count). The molecule has 2 saturated heterocycles. The number of benzene rings is 1.